The van der Waals surface area contributed by atoms with E-state index in [-0.39, 0.29) is 29.1 Å². The molecule has 0 saturated heterocycles. The lowest BCUT2D eigenvalue weighted by Gasteiger charge is -2.32. The summed E-state index contributed by atoms with van der Waals surface area (Å²) in [5, 5.41) is 3.26. The van der Waals surface area contributed by atoms with Crippen molar-refractivity contribution >= 4 is 39.1 Å². The summed E-state index contributed by atoms with van der Waals surface area (Å²) in [4.78, 5) is 27.9. The highest BCUT2D eigenvalue weighted by Crippen LogP contribution is 2.27. The van der Waals surface area contributed by atoms with E-state index in [0.717, 1.165) is 28.6 Å². The second kappa shape index (κ2) is 13.6. The highest BCUT2D eigenvalue weighted by molar-refractivity contribution is 7.92. The van der Waals surface area contributed by atoms with Crippen molar-refractivity contribution in [3.05, 3.63) is 89.2 Å². The van der Waals surface area contributed by atoms with E-state index in [9.17, 15) is 22.4 Å². The summed E-state index contributed by atoms with van der Waals surface area (Å²) in [6, 6.07) is 16.3. The molecule has 1 atom stereocenters. The molecule has 0 aliphatic rings. The molecule has 40 heavy (non-hydrogen) atoms. The lowest BCUT2D eigenvalue weighted by molar-refractivity contribution is -0.139. The molecular weight excluding hydrogens is 557 g/mol. The first-order valence-electron chi connectivity index (χ1n) is 12.8. The predicted molar refractivity (Wildman–Crippen MR) is 153 cm³/mol. The number of rotatable bonds is 12. The van der Waals surface area contributed by atoms with Crippen molar-refractivity contribution in [1.29, 1.82) is 0 Å². The van der Waals surface area contributed by atoms with Crippen molar-refractivity contribution in [2.45, 2.75) is 51.2 Å². The maximum atomic E-state index is 13.9. The molecule has 3 rings (SSSR count). The van der Waals surface area contributed by atoms with Crippen LogP contribution < -0.4 is 14.4 Å². The number of amides is 2. The van der Waals surface area contributed by atoms with E-state index in [1.807, 2.05) is 6.92 Å². The first-order valence-corrected chi connectivity index (χ1v) is 14.6. The molecule has 3 aromatic carbocycles. The van der Waals surface area contributed by atoms with Crippen molar-refractivity contribution in [3.8, 4) is 5.75 Å². The molecule has 11 heteroatoms. The van der Waals surface area contributed by atoms with Crippen LogP contribution in [0.1, 0.15) is 33.3 Å². The number of carbonyl (C=O) groups is 2. The molecule has 0 saturated carbocycles. The Hall–Kier alpha value is -3.63. The van der Waals surface area contributed by atoms with Crippen LogP contribution in [0.2, 0.25) is 5.02 Å². The van der Waals surface area contributed by atoms with Crippen LogP contribution in [0.4, 0.5) is 10.1 Å². The number of nitrogens with one attached hydrogen (secondary N) is 1. The Morgan fingerprint density at radius 1 is 1.00 bits per heavy atom. The summed E-state index contributed by atoms with van der Waals surface area (Å²) in [5.74, 6) is -1.08. The Morgan fingerprint density at radius 3 is 2.23 bits per heavy atom. The van der Waals surface area contributed by atoms with Gasteiger partial charge in [-0.15, -0.1) is 0 Å². The second-order valence-corrected chi connectivity index (χ2v) is 11.7. The normalized spacial score (nSPS) is 12.1. The zero-order chi connectivity index (χ0) is 29.4. The number of halogens is 2. The molecule has 3 aromatic rings. The Balaban J connectivity index is 2.03. The van der Waals surface area contributed by atoms with Gasteiger partial charge in [-0.3, -0.25) is 13.9 Å². The summed E-state index contributed by atoms with van der Waals surface area (Å²) in [5.41, 5.74) is 0.863. The monoisotopic (exact) mass is 589 g/mol. The summed E-state index contributed by atoms with van der Waals surface area (Å²) < 4.78 is 47.5. The van der Waals surface area contributed by atoms with Crippen LogP contribution in [0.5, 0.6) is 5.75 Å². The second-order valence-electron chi connectivity index (χ2n) is 9.38. The van der Waals surface area contributed by atoms with Gasteiger partial charge in [0.1, 0.15) is 24.2 Å². The SMILES string of the molecule is CCOc1ccc(N(CC(=O)N(Cc2cccc(Cl)c2)[C@@H](C)C(=O)NC(C)C)S(=O)(=O)c2ccc(F)cc2)cc1. The zero-order valence-corrected chi connectivity index (χ0v) is 24.4. The van der Waals surface area contributed by atoms with Gasteiger partial charge in [-0.2, -0.15) is 0 Å². The van der Waals surface area contributed by atoms with Gasteiger partial charge in [-0.05, 0) is 93.9 Å². The molecule has 0 spiro atoms. The molecule has 0 fully saturated rings. The molecule has 0 aliphatic heterocycles. The Labute approximate surface area is 239 Å². The maximum absolute atomic E-state index is 13.9. The number of hydrogen-bond donors (Lipinski definition) is 1. The largest absolute Gasteiger partial charge is 0.494 e. The van der Waals surface area contributed by atoms with Crippen LogP contribution in [0.25, 0.3) is 0 Å². The van der Waals surface area contributed by atoms with Gasteiger partial charge in [-0.25, -0.2) is 12.8 Å². The van der Waals surface area contributed by atoms with Gasteiger partial charge in [-0.1, -0.05) is 23.7 Å². The van der Waals surface area contributed by atoms with E-state index in [1.165, 1.54) is 17.0 Å². The van der Waals surface area contributed by atoms with Gasteiger partial charge in [0.05, 0.1) is 17.2 Å². The van der Waals surface area contributed by atoms with E-state index < -0.39 is 34.3 Å². The highest BCUT2D eigenvalue weighted by Gasteiger charge is 2.32. The van der Waals surface area contributed by atoms with Crippen molar-refractivity contribution in [2.24, 2.45) is 0 Å². The number of anilines is 1. The van der Waals surface area contributed by atoms with Gasteiger partial charge in [0.2, 0.25) is 11.8 Å². The fourth-order valence-electron chi connectivity index (χ4n) is 3.96. The first-order chi connectivity index (χ1) is 18.9. The fraction of sp³-hybridized carbons (Fsp3) is 0.310. The van der Waals surface area contributed by atoms with Crippen molar-refractivity contribution in [1.82, 2.24) is 10.2 Å². The molecule has 8 nitrogen and oxygen atoms in total. The number of ether oxygens (including phenoxy) is 1. The Morgan fingerprint density at radius 2 is 1.65 bits per heavy atom. The minimum absolute atomic E-state index is 0.0137. The van der Waals surface area contributed by atoms with Gasteiger partial charge in [0, 0.05) is 17.6 Å². The fourth-order valence-corrected chi connectivity index (χ4v) is 5.58. The minimum atomic E-state index is -4.31. The van der Waals surface area contributed by atoms with Gasteiger partial charge >= 0.3 is 0 Å². The lowest BCUT2D eigenvalue weighted by Crippen LogP contribution is -2.52. The first kappa shape index (κ1) is 30.9. The van der Waals surface area contributed by atoms with Crippen molar-refractivity contribution in [3.63, 3.8) is 0 Å². The van der Waals surface area contributed by atoms with Gasteiger partial charge in [0.25, 0.3) is 10.0 Å². The van der Waals surface area contributed by atoms with E-state index >= 15 is 0 Å². The standard InChI is InChI=1S/C29H33ClFN3O5S/c1-5-39-26-13-11-25(12-14-26)34(40(37,38)27-15-9-24(31)10-16-27)19-28(35)33(21(4)29(36)32-20(2)3)18-22-7-6-8-23(30)17-22/h6-17,20-21H,5,18-19H2,1-4H3,(H,32,36)/t21-/m0/s1. The van der Waals surface area contributed by atoms with E-state index in [2.05, 4.69) is 5.32 Å². The topological polar surface area (TPSA) is 96.0 Å². The van der Waals surface area contributed by atoms with Crippen molar-refractivity contribution in [2.75, 3.05) is 17.5 Å². The third-order valence-corrected chi connectivity index (χ3v) is 7.98. The van der Waals surface area contributed by atoms with Crippen molar-refractivity contribution < 1.29 is 27.1 Å². The zero-order valence-electron chi connectivity index (χ0n) is 22.8. The molecule has 2 amide bonds. The molecule has 0 bridgehead atoms. The summed E-state index contributed by atoms with van der Waals surface area (Å²) in [6.07, 6.45) is 0. The van der Waals surface area contributed by atoms with Crippen LogP contribution in [-0.2, 0) is 26.2 Å². The summed E-state index contributed by atoms with van der Waals surface area (Å²) in [7, 11) is -4.31. The molecule has 0 radical (unpaired) electrons. The van der Waals surface area contributed by atoms with Crippen LogP contribution in [0.3, 0.4) is 0 Å². The van der Waals surface area contributed by atoms with E-state index in [0.29, 0.717) is 22.9 Å². The number of sulfonamides is 1. The molecule has 0 aromatic heterocycles. The van der Waals surface area contributed by atoms with Crippen LogP contribution in [-0.4, -0.2) is 50.4 Å². The molecule has 0 unspecified atom stereocenters. The minimum Gasteiger partial charge on any atom is -0.494 e. The predicted octanol–water partition coefficient (Wildman–Crippen LogP) is 5.02. The average molecular weight is 590 g/mol. The van der Waals surface area contributed by atoms with Gasteiger partial charge < -0.3 is 15.0 Å². The molecule has 0 heterocycles. The molecule has 1 N–H and O–H groups in total. The molecular formula is C29H33ClFN3O5S. The molecule has 0 aliphatic carbocycles. The van der Waals surface area contributed by atoms with Crippen LogP contribution in [0.15, 0.2) is 77.7 Å². The summed E-state index contributed by atoms with van der Waals surface area (Å²) >= 11 is 6.15. The number of benzene rings is 3. The van der Waals surface area contributed by atoms with E-state index in [4.69, 9.17) is 16.3 Å². The van der Waals surface area contributed by atoms with Crippen LogP contribution in [0, 0.1) is 5.82 Å². The average Bonchev–Trinajstić information content (AvgIpc) is 2.90. The van der Waals surface area contributed by atoms with E-state index in [1.54, 1.807) is 57.2 Å². The third-order valence-electron chi connectivity index (χ3n) is 5.96. The smallest absolute Gasteiger partial charge is 0.264 e. The lowest BCUT2D eigenvalue weighted by atomic mass is 10.1. The van der Waals surface area contributed by atoms with Crippen LogP contribution >= 0.6 is 11.6 Å². The number of hydrogen-bond acceptors (Lipinski definition) is 5. The maximum Gasteiger partial charge on any atom is 0.264 e. The summed E-state index contributed by atoms with van der Waals surface area (Å²) in [6.45, 7) is 6.82. The Kier molecular flexibility index (Phi) is 10.5. The number of carbonyl (C=O) groups excluding carboxylic acids is 2. The molecule has 214 valence electrons. The number of nitrogens with zero attached hydrogens (tertiary/aromatic N) is 2. The van der Waals surface area contributed by atoms with Gasteiger partial charge in [0.15, 0.2) is 0 Å². The highest BCUT2D eigenvalue weighted by atomic mass is 35.5. The third kappa shape index (κ3) is 7.95. The quantitative estimate of drug-likeness (QED) is 0.320. The Bertz CT molecular complexity index is 1420.